The third-order valence-electron chi connectivity index (χ3n) is 2.70. The minimum absolute atomic E-state index is 0.151. The topological polar surface area (TPSA) is 58.6 Å². The number of thioether (sulfide) groups is 1. The van der Waals surface area contributed by atoms with Crippen molar-refractivity contribution < 1.29 is 9.18 Å². The van der Waals surface area contributed by atoms with E-state index in [2.05, 4.69) is 15.2 Å². The molecule has 1 aromatic carbocycles. The van der Waals surface area contributed by atoms with Crippen molar-refractivity contribution in [3.05, 3.63) is 53.2 Å². The largest absolute Gasteiger partial charge is 0.293 e. The molecule has 2 aromatic heterocycles. The van der Waals surface area contributed by atoms with Crippen molar-refractivity contribution in [2.75, 3.05) is 5.75 Å². The Kier molecular flexibility index (Phi) is 4.12. The minimum atomic E-state index is -0.413. The van der Waals surface area contributed by atoms with E-state index >= 15 is 0 Å². The van der Waals surface area contributed by atoms with Crippen molar-refractivity contribution in [3.63, 3.8) is 0 Å². The molecule has 21 heavy (non-hydrogen) atoms. The lowest BCUT2D eigenvalue weighted by Gasteiger charge is -1.98. The summed E-state index contributed by atoms with van der Waals surface area (Å²) in [6.45, 7) is 0. The Bertz CT molecular complexity index is 755. The summed E-state index contributed by atoms with van der Waals surface area (Å²) in [5, 5.41) is 9.36. The number of thiophene rings is 1. The number of ketones is 1. The molecule has 4 nitrogen and oxygen atoms in total. The normalized spacial score (nSPS) is 10.7. The van der Waals surface area contributed by atoms with Crippen molar-refractivity contribution in [1.82, 2.24) is 15.2 Å². The van der Waals surface area contributed by atoms with Gasteiger partial charge in [-0.15, -0.1) is 16.4 Å². The van der Waals surface area contributed by atoms with Crippen molar-refractivity contribution in [2.45, 2.75) is 5.16 Å². The first-order valence-electron chi connectivity index (χ1n) is 6.10. The molecule has 0 unspecified atom stereocenters. The van der Waals surface area contributed by atoms with E-state index < -0.39 is 5.82 Å². The molecular formula is C14H10FN3OS2. The van der Waals surface area contributed by atoms with Crippen LogP contribution < -0.4 is 0 Å². The molecule has 7 heteroatoms. The maximum atomic E-state index is 13.1. The Morgan fingerprint density at radius 2 is 2.24 bits per heavy atom. The van der Waals surface area contributed by atoms with E-state index in [0.29, 0.717) is 16.5 Å². The van der Waals surface area contributed by atoms with Gasteiger partial charge < -0.3 is 0 Å². The summed E-state index contributed by atoms with van der Waals surface area (Å²) in [6.07, 6.45) is 0. The fraction of sp³-hybridized carbons (Fsp3) is 0.0714. The number of benzene rings is 1. The lowest BCUT2D eigenvalue weighted by atomic mass is 10.1. The summed E-state index contributed by atoms with van der Waals surface area (Å²) >= 11 is 2.79. The fourth-order valence-corrected chi connectivity index (χ4v) is 3.07. The highest BCUT2D eigenvalue weighted by molar-refractivity contribution is 7.99. The van der Waals surface area contributed by atoms with Crippen LogP contribution in [-0.2, 0) is 0 Å². The molecule has 0 saturated heterocycles. The van der Waals surface area contributed by atoms with Crippen LogP contribution in [0.3, 0.4) is 0 Å². The number of nitrogens with zero attached hydrogens (tertiary/aromatic N) is 2. The monoisotopic (exact) mass is 319 g/mol. The summed E-state index contributed by atoms with van der Waals surface area (Å²) in [4.78, 5) is 17.3. The van der Waals surface area contributed by atoms with E-state index in [4.69, 9.17) is 0 Å². The molecular weight excluding hydrogens is 309 g/mol. The standard InChI is InChI=1S/C14H10FN3OS2/c15-10-4-1-3-9(7-10)11(19)8-21-14-16-13(17-18-14)12-5-2-6-20-12/h1-7H,8H2,(H,16,17,18). The van der Waals surface area contributed by atoms with Crippen LogP contribution in [0.2, 0.25) is 0 Å². The van der Waals surface area contributed by atoms with Gasteiger partial charge in [0.25, 0.3) is 0 Å². The summed E-state index contributed by atoms with van der Waals surface area (Å²) in [7, 11) is 0. The molecule has 0 amide bonds. The molecule has 0 spiro atoms. The van der Waals surface area contributed by atoms with Crippen molar-refractivity contribution in [1.29, 1.82) is 0 Å². The molecule has 0 aliphatic carbocycles. The van der Waals surface area contributed by atoms with Gasteiger partial charge in [-0.25, -0.2) is 9.37 Å². The Balaban J connectivity index is 1.64. The van der Waals surface area contributed by atoms with Gasteiger partial charge in [0.2, 0.25) is 5.16 Å². The molecule has 0 radical (unpaired) electrons. The van der Waals surface area contributed by atoms with Crippen LogP contribution in [0.15, 0.2) is 46.9 Å². The van der Waals surface area contributed by atoms with Gasteiger partial charge in [0.05, 0.1) is 10.6 Å². The van der Waals surface area contributed by atoms with Gasteiger partial charge in [0, 0.05) is 5.56 Å². The molecule has 0 bridgehead atoms. The number of Topliss-reactive ketones (excluding diaryl/α,β-unsaturated/α-hetero) is 1. The number of rotatable bonds is 5. The number of hydrogen-bond acceptors (Lipinski definition) is 5. The van der Waals surface area contributed by atoms with Crippen LogP contribution in [0.4, 0.5) is 4.39 Å². The van der Waals surface area contributed by atoms with Gasteiger partial charge in [-0.1, -0.05) is 30.0 Å². The Hall–Kier alpha value is -1.99. The summed E-state index contributed by atoms with van der Waals surface area (Å²) in [5.41, 5.74) is 0.358. The average Bonchev–Trinajstić information content (AvgIpc) is 3.15. The highest BCUT2D eigenvalue weighted by Gasteiger charge is 2.11. The van der Waals surface area contributed by atoms with Crippen LogP contribution in [0.5, 0.6) is 0 Å². The summed E-state index contributed by atoms with van der Waals surface area (Å²) < 4.78 is 13.1. The maximum Gasteiger partial charge on any atom is 0.209 e. The molecule has 0 saturated carbocycles. The van der Waals surface area contributed by atoms with E-state index in [1.807, 2.05) is 17.5 Å². The van der Waals surface area contributed by atoms with Gasteiger partial charge in [0.1, 0.15) is 5.82 Å². The number of aromatic nitrogens is 3. The zero-order chi connectivity index (χ0) is 14.7. The summed E-state index contributed by atoms with van der Waals surface area (Å²) in [6, 6.07) is 9.54. The van der Waals surface area contributed by atoms with Gasteiger partial charge in [0.15, 0.2) is 11.6 Å². The molecule has 0 aliphatic rings. The number of hydrogen-bond donors (Lipinski definition) is 1. The second-order valence-electron chi connectivity index (χ2n) is 4.17. The van der Waals surface area contributed by atoms with Crippen LogP contribution in [-0.4, -0.2) is 26.7 Å². The molecule has 0 fully saturated rings. The molecule has 1 N–H and O–H groups in total. The van der Waals surface area contributed by atoms with Gasteiger partial charge in [-0.3, -0.25) is 9.89 Å². The number of H-pyrrole nitrogens is 1. The Morgan fingerprint density at radius 3 is 3.00 bits per heavy atom. The van der Waals surface area contributed by atoms with E-state index in [-0.39, 0.29) is 11.5 Å². The lowest BCUT2D eigenvalue weighted by molar-refractivity contribution is 0.102. The highest BCUT2D eigenvalue weighted by atomic mass is 32.2. The molecule has 0 atom stereocenters. The zero-order valence-electron chi connectivity index (χ0n) is 10.7. The number of carbonyl (C=O) groups is 1. The van der Waals surface area contributed by atoms with Crippen LogP contribution in [0.1, 0.15) is 10.4 Å². The van der Waals surface area contributed by atoms with Crippen molar-refractivity contribution in [2.24, 2.45) is 0 Å². The molecule has 3 rings (SSSR count). The first-order valence-corrected chi connectivity index (χ1v) is 7.97. The van der Waals surface area contributed by atoms with Crippen LogP contribution >= 0.6 is 23.1 Å². The third-order valence-corrected chi connectivity index (χ3v) is 4.42. The second kappa shape index (κ2) is 6.19. The van der Waals surface area contributed by atoms with E-state index in [1.54, 1.807) is 17.4 Å². The molecule has 0 aliphatic heterocycles. The van der Waals surface area contributed by atoms with Crippen LogP contribution in [0.25, 0.3) is 10.7 Å². The molecule has 2 heterocycles. The molecule has 106 valence electrons. The SMILES string of the molecule is O=C(CSc1n[nH]c(-c2cccs2)n1)c1cccc(F)c1. The first-order chi connectivity index (χ1) is 10.2. The Labute approximate surface area is 128 Å². The third kappa shape index (κ3) is 3.37. The van der Waals surface area contributed by atoms with Gasteiger partial charge in [-0.05, 0) is 23.6 Å². The van der Waals surface area contributed by atoms with E-state index in [1.165, 1.54) is 30.0 Å². The van der Waals surface area contributed by atoms with E-state index in [0.717, 1.165) is 4.88 Å². The van der Waals surface area contributed by atoms with Crippen LogP contribution in [0, 0.1) is 5.82 Å². The van der Waals surface area contributed by atoms with Crippen molar-refractivity contribution >= 4 is 28.9 Å². The van der Waals surface area contributed by atoms with Crippen molar-refractivity contribution in [3.8, 4) is 10.7 Å². The predicted molar refractivity (Wildman–Crippen MR) is 81.2 cm³/mol. The number of nitrogens with one attached hydrogen (secondary N) is 1. The average molecular weight is 319 g/mol. The Morgan fingerprint density at radius 1 is 1.33 bits per heavy atom. The predicted octanol–water partition coefficient (Wildman–Crippen LogP) is 3.65. The second-order valence-corrected chi connectivity index (χ2v) is 6.06. The fourth-order valence-electron chi connectivity index (χ4n) is 1.71. The lowest BCUT2D eigenvalue weighted by Crippen LogP contribution is -2.02. The maximum absolute atomic E-state index is 13.1. The van der Waals surface area contributed by atoms with E-state index in [9.17, 15) is 9.18 Å². The smallest absolute Gasteiger partial charge is 0.209 e. The highest BCUT2D eigenvalue weighted by Crippen LogP contribution is 2.23. The molecule has 3 aromatic rings. The van der Waals surface area contributed by atoms with Gasteiger partial charge >= 0.3 is 0 Å². The number of carbonyl (C=O) groups excluding carboxylic acids is 1. The zero-order valence-corrected chi connectivity index (χ0v) is 12.4. The first kappa shape index (κ1) is 14.0. The number of halogens is 1. The van der Waals surface area contributed by atoms with Gasteiger partial charge in [-0.2, -0.15) is 0 Å². The quantitative estimate of drug-likeness (QED) is 0.576. The number of aromatic amines is 1. The minimum Gasteiger partial charge on any atom is -0.293 e. The summed E-state index contributed by atoms with van der Waals surface area (Å²) in [5.74, 6) is 0.293.